The summed E-state index contributed by atoms with van der Waals surface area (Å²) in [5.41, 5.74) is 0.755. The molecule has 0 heterocycles. The van der Waals surface area contributed by atoms with Crippen LogP contribution in [0.2, 0.25) is 5.02 Å². The fourth-order valence-corrected chi connectivity index (χ4v) is 3.83. The van der Waals surface area contributed by atoms with Gasteiger partial charge < -0.3 is 5.32 Å². The normalized spacial score (nSPS) is 11.7. The van der Waals surface area contributed by atoms with E-state index in [2.05, 4.69) is 5.32 Å². The minimum atomic E-state index is -3.80. The van der Waals surface area contributed by atoms with Crippen molar-refractivity contribution in [3.63, 3.8) is 0 Å². The molecule has 2 aromatic rings. The van der Waals surface area contributed by atoms with Gasteiger partial charge in [-0.05, 0) is 35.7 Å². The summed E-state index contributed by atoms with van der Waals surface area (Å²) in [5, 5.41) is 3.34. The number of nitrogens with one attached hydrogen (secondary N) is 1. The van der Waals surface area contributed by atoms with Crippen molar-refractivity contribution in [3.8, 4) is 0 Å². The summed E-state index contributed by atoms with van der Waals surface area (Å²) >= 11 is 5.89. The minimum Gasteiger partial charge on any atom is -0.355 e. The molecule has 140 valence electrons. The van der Waals surface area contributed by atoms with Gasteiger partial charge in [0.25, 0.3) is 0 Å². The van der Waals surface area contributed by atoms with E-state index in [0.717, 1.165) is 5.56 Å². The highest BCUT2D eigenvalue weighted by Crippen LogP contribution is 2.19. The Hall–Kier alpha value is -1.89. The highest BCUT2D eigenvalue weighted by atomic mass is 35.5. The van der Waals surface area contributed by atoms with Crippen LogP contribution in [0.25, 0.3) is 0 Å². The molecule has 1 amide bonds. The van der Waals surface area contributed by atoms with E-state index in [0.29, 0.717) is 11.6 Å². The van der Waals surface area contributed by atoms with Gasteiger partial charge in [-0.15, -0.1) is 0 Å². The lowest BCUT2D eigenvalue weighted by atomic mass is 10.2. The first-order chi connectivity index (χ1) is 12.3. The maximum absolute atomic E-state index is 13.0. The number of rotatable bonds is 8. The predicted octanol–water partition coefficient (Wildman–Crippen LogP) is 3.30. The van der Waals surface area contributed by atoms with Crippen molar-refractivity contribution in [1.82, 2.24) is 9.62 Å². The molecule has 0 saturated heterocycles. The van der Waals surface area contributed by atoms with E-state index in [9.17, 15) is 13.2 Å². The Morgan fingerprint density at radius 1 is 1.08 bits per heavy atom. The Labute approximate surface area is 160 Å². The molecule has 0 aliphatic heterocycles. The van der Waals surface area contributed by atoms with Crippen LogP contribution in [0.5, 0.6) is 0 Å². The van der Waals surface area contributed by atoms with Crippen molar-refractivity contribution < 1.29 is 13.2 Å². The average Bonchev–Trinajstić information content (AvgIpc) is 2.62. The van der Waals surface area contributed by atoms with E-state index < -0.39 is 10.0 Å². The largest absolute Gasteiger partial charge is 0.355 e. The van der Waals surface area contributed by atoms with Crippen LogP contribution in [0.15, 0.2) is 59.5 Å². The Kier molecular flexibility index (Phi) is 7.20. The van der Waals surface area contributed by atoms with Gasteiger partial charge in [-0.2, -0.15) is 4.31 Å². The van der Waals surface area contributed by atoms with Crippen LogP contribution < -0.4 is 5.32 Å². The van der Waals surface area contributed by atoms with Crippen LogP contribution in [0.3, 0.4) is 0 Å². The lowest BCUT2D eigenvalue weighted by Crippen LogP contribution is -2.41. The summed E-state index contributed by atoms with van der Waals surface area (Å²) in [6.45, 7) is 4.30. The van der Waals surface area contributed by atoms with Crippen LogP contribution >= 0.6 is 11.6 Å². The highest BCUT2D eigenvalue weighted by Gasteiger charge is 2.26. The summed E-state index contributed by atoms with van der Waals surface area (Å²) in [4.78, 5) is 12.4. The lowest BCUT2D eigenvalue weighted by Gasteiger charge is -2.22. The maximum atomic E-state index is 13.0. The van der Waals surface area contributed by atoms with E-state index in [1.807, 2.05) is 13.8 Å². The Morgan fingerprint density at radius 2 is 1.69 bits per heavy atom. The molecular weight excluding hydrogens is 372 g/mol. The number of carbonyl (C=O) groups excluding carboxylic acids is 1. The third-order valence-corrected chi connectivity index (χ3v) is 5.74. The molecule has 2 aromatic carbocycles. The molecule has 0 unspecified atom stereocenters. The second kappa shape index (κ2) is 9.16. The van der Waals surface area contributed by atoms with Gasteiger partial charge in [0, 0.05) is 18.1 Å². The Balaban J connectivity index is 2.25. The molecule has 2 rings (SSSR count). The standard InChI is InChI=1S/C19H23ClN2O3S/c1-15(2)12-21-19(23)14-22(13-16-8-10-17(20)11-9-16)26(24,25)18-6-4-3-5-7-18/h3-11,15H,12-14H2,1-2H3,(H,21,23). The first-order valence-corrected chi connectivity index (χ1v) is 10.2. The van der Waals surface area contributed by atoms with E-state index in [1.165, 1.54) is 16.4 Å². The summed E-state index contributed by atoms with van der Waals surface area (Å²) in [5.74, 6) is -0.0402. The van der Waals surface area contributed by atoms with Gasteiger partial charge in [0.05, 0.1) is 11.4 Å². The molecule has 0 aromatic heterocycles. The summed E-state index contributed by atoms with van der Waals surface area (Å²) in [6, 6.07) is 15.0. The van der Waals surface area contributed by atoms with Gasteiger partial charge in [-0.25, -0.2) is 8.42 Å². The number of halogens is 1. The number of carbonyl (C=O) groups is 1. The Morgan fingerprint density at radius 3 is 2.27 bits per heavy atom. The van der Waals surface area contributed by atoms with E-state index in [4.69, 9.17) is 11.6 Å². The first-order valence-electron chi connectivity index (χ1n) is 8.35. The first kappa shape index (κ1) is 20.4. The smallest absolute Gasteiger partial charge is 0.243 e. The number of hydrogen-bond acceptors (Lipinski definition) is 3. The summed E-state index contributed by atoms with van der Waals surface area (Å²) in [7, 11) is -3.80. The monoisotopic (exact) mass is 394 g/mol. The number of nitrogens with zero attached hydrogens (tertiary/aromatic N) is 1. The quantitative estimate of drug-likeness (QED) is 0.746. The number of amides is 1. The number of benzene rings is 2. The molecule has 0 aliphatic carbocycles. The van der Waals surface area contributed by atoms with Gasteiger partial charge in [0.1, 0.15) is 0 Å². The van der Waals surface area contributed by atoms with Gasteiger partial charge in [-0.1, -0.05) is 55.8 Å². The predicted molar refractivity (Wildman–Crippen MR) is 103 cm³/mol. The zero-order valence-corrected chi connectivity index (χ0v) is 16.4. The van der Waals surface area contributed by atoms with E-state index in [-0.39, 0.29) is 29.8 Å². The molecule has 26 heavy (non-hydrogen) atoms. The van der Waals surface area contributed by atoms with Gasteiger partial charge in [0.2, 0.25) is 15.9 Å². The van der Waals surface area contributed by atoms with Crippen molar-refractivity contribution in [2.75, 3.05) is 13.1 Å². The third-order valence-electron chi connectivity index (χ3n) is 3.68. The average molecular weight is 395 g/mol. The minimum absolute atomic E-state index is 0.0868. The van der Waals surface area contributed by atoms with Crippen LogP contribution in [0.4, 0.5) is 0 Å². The van der Waals surface area contributed by atoms with Gasteiger partial charge in [-0.3, -0.25) is 4.79 Å². The van der Waals surface area contributed by atoms with Crippen molar-refractivity contribution >= 4 is 27.5 Å². The van der Waals surface area contributed by atoms with Gasteiger partial charge in [0.15, 0.2) is 0 Å². The van der Waals surface area contributed by atoms with Crippen LogP contribution in [0, 0.1) is 5.92 Å². The van der Waals surface area contributed by atoms with Crippen molar-refractivity contribution in [2.24, 2.45) is 5.92 Å². The summed E-state index contributed by atoms with van der Waals surface area (Å²) < 4.78 is 27.2. The molecule has 0 atom stereocenters. The zero-order chi connectivity index (χ0) is 19.2. The molecular formula is C19H23ClN2O3S. The van der Waals surface area contributed by atoms with Crippen molar-refractivity contribution in [2.45, 2.75) is 25.3 Å². The lowest BCUT2D eigenvalue weighted by molar-refractivity contribution is -0.121. The van der Waals surface area contributed by atoms with Crippen LogP contribution in [-0.2, 0) is 21.4 Å². The fraction of sp³-hybridized carbons (Fsp3) is 0.316. The van der Waals surface area contributed by atoms with Crippen LogP contribution in [0.1, 0.15) is 19.4 Å². The fourth-order valence-electron chi connectivity index (χ4n) is 2.29. The van der Waals surface area contributed by atoms with Crippen molar-refractivity contribution in [1.29, 1.82) is 0 Å². The number of sulfonamides is 1. The Bertz CT molecular complexity index is 822. The van der Waals surface area contributed by atoms with E-state index in [1.54, 1.807) is 42.5 Å². The second-order valence-electron chi connectivity index (χ2n) is 6.41. The second-order valence-corrected chi connectivity index (χ2v) is 8.78. The molecule has 0 spiro atoms. The SMILES string of the molecule is CC(C)CNC(=O)CN(Cc1ccc(Cl)cc1)S(=O)(=O)c1ccccc1. The molecule has 0 fully saturated rings. The molecule has 1 N–H and O–H groups in total. The molecule has 0 radical (unpaired) electrons. The molecule has 7 heteroatoms. The molecule has 0 bridgehead atoms. The number of hydrogen-bond donors (Lipinski definition) is 1. The highest BCUT2D eigenvalue weighted by molar-refractivity contribution is 7.89. The van der Waals surface area contributed by atoms with Crippen molar-refractivity contribution in [3.05, 3.63) is 65.2 Å². The topological polar surface area (TPSA) is 66.5 Å². The van der Waals surface area contributed by atoms with Crippen LogP contribution in [-0.4, -0.2) is 31.7 Å². The maximum Gasteiger partial charge on any atom is 0.243 e. The molecule has 0 aliphatic rings. The third kappa shape index (κ3) is 5.83. The van der Waals surface area contributed by atoms with Gasteiger partial charge >= 0.3 is 0 Å². The van der Waals surface area contributed by atoms with E-state index >= 15 is 0 Å². The zero-order valence-electron chi connectivity index (χ0n) is 14.9. The molecule has 5 nitrogen and oxygen atoms in total. The summed E-state index contributed by atoms with van der Waals surface area (Å²) in [6.07, 6.45) is 0. The molecule has 0 saturated carbocycles.